The Hall–Kier alpha value is -4.24. The van der Waals surface area contributed by atoms with E-state index in [1.807, 2.05) is 25.5 Å². The van der Waals surface area contributed by atoms with Crippen molar-refractivity contribution in [2.24, 2.45) is 11.8 Å². The van der Waals surface area contributed by atoms with E-state index in [1.54, 1.807) is 12.1 Å². The highest BCUT2D eigenvalue weighted by molar-refractivity contribution is 5.82. The van der Waals surface area contributed by atoms with Crippen LogP contribution in [0.4, 0.5) is 0 Å². The number of aromatic hydroxyl groups is 1. The zero-order valence-electron chi connectivity index (χ0n) is 26.1. The first-order chi connectivity index (χ1) is 22.5. The molecule has 7 atom stereocenters. The first-order valence-corrected chi connectivity index (χ1v) is 15.5. The van der Waals surface area contributed by atoms with Gasteiger partial charge in [-0.1, -0.05) is 19.1 Å². The number of hydrogen-bond acceptors (Lipinski definition) is 11. The molecule has 0 aliphatic carbocycles. The highest BCUT2D eigenvalue weighted by Crippen LogP contribution is 2.33. The molecule has 252 valence electrons. The van der Waals surface area contributed by atoms with Crippen LogP contribution in [0.1, 0.15) is 18.9 Å². The molecule has 0 amide bonds. The number of benzene rings is 2. The fourth-order valence-corrected chi connectivity index (χ4v) is 5.93. The van der Waals surface area contributed by atoms with Crippen LogP contribution in [-0.4, -0.2) is 93.4 Å². The summed E-state index contributed by atoms with van der Waals surface area (Å²) in [6.45, 7) is 3.09. The molecule has 3 heterocycles. The molecule has 1 aliphatic heterocycles. The number of aliphatic carboxylic acids is 1. The molecule has 47 heavy (non-hydrogen) atoms. The molecule has 0 unspecified atom stereocenters. The number of carboxylic acids is 1. The van der Waals surface area contributed by atoms with Crippen molar-refractivity contribution in [1.29, 1.82) is 0 Å². The van der Waals surface area contributed by atoms with Gasteiger partial charge in [-0.25, -0.2) is 4.79 Å². The molecule has 0 bridgehead atoms. The van der Waals surface area contributed by atoms with Gasteiger partial charge >= 0.3 is 5.97 Å². The molecule has 1 saturated heterocycles. The van der Waals surface area contributed by atoms with E-state index in [0.29, 0.717) is 12.1 Å². The van der Waals surface area contributed by atoms with Crippen molar-refractivity contribution >= 4 is 16.9 Å². The lowest BCUT2D eigenvalue weighted by Crippen LogP contribution is -2.71. The zero-order valence-corrected chi connectivity index (χ0v) is 26.1. The van der Waals surface area contributed by atoms with Crippen LogP contribution in [0.2, 0.25) is 0 Å². The van der Waals surface area contributed by atoms with Crippen molar-refractivity contribution in [3.8, 4) is 22.6 Å². The second kappa shape index (κ2) is 14.7. The van der Waals surface area contributed by atoms with Gasteiger partial charge in [0.25, 0.3) is 0 Å². The Morgan fingerprint density at radius 3 is 2.60 bits per heavy atom. The van der Waals surface area contributed by atoms with E-state index in [1.165, 1.54) is 36.6 Å². The van der Waals surface area contributed by atoms with Gasteiger partial charge in [-0.2, -0.15) is 0 Å². The van der Waals surface area contributed by atoms with Crippen molar-refractivity contribution in [2.45, 2.75) is 50.0 Å². The fourth-order valence-electron chi connectivity index (χ4n) is 5.93. The molecule has 2 aromatic heterocycles. The summed E-state index contributed by atoms with van der Waals surface area (Å²) in [7, 11) is 1.89. The number of phenolic OH excluding ortho intramolecular Hbond substituents is 1. The Kier molecular flexibility index (Phi) is 10.6. The Labute approximate surface area is 270 Å². The van der Waals surface area contributed by atoms with Crippen LogP contribution in [0, 0.1) is 11.8 Å². The predicted molar refractivity (Wildman–Crippen MR) is 172 cm³/mol. The highest BCUT2D eigenvalue weighted by atomic mass is 16.7. The number of aromatic amines is 1. The lowest BCUT2D eigenvalue weighted by molar-refractivity contribution is -0.311. The summed E-state index contributed by atoms with van der Waals surface area (Å²) in [4.78, 5) is 28.2. The molecule has 8 N–H and O–H groups in total. The van der Waals surface area contributed by atoms with Gasteiger partial charge < -0.3 is 55.0 Å². The predicted octanol–water partition coefficient (Wildman–Crippen LogP) is 1.83. The van der Waals surface area contributed by atoms with E-state index in [0.717, 1.165) is 24.9 Å². The van der Waals surface area contributed by atoms with Gasteiger partial charge in [0.15, 0.2) is 17.1 Å². The molecule has 13 heteroatoms. The smallest absolute Gasteiger partial charge is 0.335 e. The minimum atomic E-state index is -2.28. The molecule has 1 fully saturated rings. The second-order valence-corrected chi connectivity index (χ2v) is 12.1. The fraction of sp³-hybridized carbons (Fsp3) is 0.412. The van der Waals surface area contributed by atoms with Crippen molar-refractivity contribution in [2.75, 3.05) is 26.7 Å². The largest absolute Gasteiger partial charge is 0.508 e. The summed E-state index contributed by atoms with van der Waals surface area (Å²) in [5, 5.41) is 59.3. The van der Waals surface area contributed by atoms with Crippen LogP contribution < -0.4 is 20.8 Å². The van der Waals surface area contributed by atoms with Gasteiger partial charge in [-0.3, -0.25) is 4.79 Å². The summed E-state index contributed by atoms with van der Waals surface area (Å²) in [5.74, 6) is -1.02. The van der Waals surface area contributed by atoms with Crippen LogP contribution in [-0.2, 0) is 16.0 Å². The van der Waals surface area contributed by atoms with E-state index >= 15 is 0 Å². The maximum atomic E-state index is 13.2. The molecule has 2 aromatic carbocycles. The lowest BCUT2D eigenvalue weighted by Gasteiger charge is -2.47. The SMILES string of the molecule is CNCC[C@H](C)[C@H](CNC[C@]1(O)[C@H](Oc2ccc3c(=O)c(-c4ccc(O)cc4)coc3c2)O[C@H](C(=O)O)[C@@H](O)[C@@H]1O)Cc1cc[nH]c1. The van der Waals surface area contributed by atoms with Crippen molar-refractivity contribution in [3.63, 3.8) is 0 Å². The number of aliphatic hydroxyl groups is 3. The van der Waals surface area contributed by atoms with Gasteiger partial charge in [-0.15, -0.1) is 0 Å². The third kappa shape index (κ3) is 7.51. The van der Waals surface area contributed by atoms with Crippen LogP contribution in [0.3, 0.4) is 0 Å². The average molecular weight is 652 g/mol. The van der Waals surface area contributed by atoms with Crippen molar-refractivity contribution < 1.29 is 44.2 Å². The number of carbonyl (C=O) groups is 1. The van der Waals surface area contributed by atoms with E-state index in [2.05, 4.69) is 22.5 Å². The number of nitrogens with one attached hydrogen (secondary N) is 3. The lowest BCUT2D eigenvalue weighted by atomic mass is 9.84. The number of aliphatic hydroxyl groups excluding tert-OH is 2. The summed E-state index contributed by atoms with van der Waals surface area (Å²) in [5.41, 5.74) is -0.528. The van der Waals surface area contributed by atoms with Crippen molar-refractivity contribution in [1.82, 2.24) is 15.6 Å². The number of phenols is 1. The summed E-state index contributed by atoms with van der Waals surface area (Å²) < 4.78 is 17.2. The highest BCUT2D eigenvalue weighted by Gasteiger charge is 2.58. The van der Waals surface area contributed by atoms with Gasteiger partial charge in [0.05, 0.1) is 10.9 Å². The van der Waals surface area contributed by atoms with Crippen molar-refractivity contribution in [3.05, 3.63) is 83.0 Å². The Morgan fingerprint density at radius 1 is 1.15 bits per heavy atom. The van der Waals surface area contributed by atoms with Gasteiger partial charge in [0.1, 0.15) is 35.6 Å². The number of ether oxygens (including phenoxy) is 2. The summed E-state index contributed by atoms with van der Waals surface area (Å²) in [6.07, 6.45) is -0.809. The molecular formula is C34H41N3O10. The minimum Gasteiger partial charge on any atom is -0.508 e. The number of aromatic nitrogens is 1. The quantitative estimate of drug-likeness (QED) is 0.0983. The number of fused-ring (bicyclic) bond motifs is 1. The normalized spacial score (nSPS) is 24.2. The van der Waals surface area contributed by atoms with Gasteiger partial charge in [-0.05, 0) is 86.3 Å². The first-order valence-electron chi connectivity index (χ1n) is 15.5. The van der Waals surface area contributed by atoms with Gasteiger partial charge in [0, 0.05) is 25.0 Å². The Morgan fingerprint density at radius 2 is 1.91 bits per heavy atom. The van der Waals surface area contributed by atoms with Crippen LogP contribution in [0.5, 0.6) is 11.5 Å². The topological polar surface area (TPSA) is 207 Å². The number of carboxylic acid groups (broad SMARTS) is 1. The molecular weight excluding hydrogens is 610 g/mol. The molecule has 1 aliphatic rings. The van der Waals surface area contributed by atoms with E-state index in [9.17, 15) is 35.1 Å². The third-order valence-electron chi connectivity index (χ3n) is 8.86. The van der Waals surface area contributed by atoms with Crippen LogP contribution in [0.15, 0.2) is 76.4 Å². The maximum absolute atomic E-state index is 13.2. The van der Waals surface area contributed by atoms with Crippen LogP contribution >= 0.6 is 0 Å². The minimum absolute atomic E-state index is 0.0548. The zero-order chi connectivity index (χ0) is 33.7. The standard InChI is InChI=1S/C34H41N3O10/c1-19(9-11-35-2)22(13-20-10-12-36-15-20)16-37-18-34(44)31(41)29(40)30(32(42)43)47-33(34)46-24-7-8-25-27(14-24)45-17-26(28(25)39)21-3-5-23(38)6-4-21/h3-8,10,12,14-15,17,19,22,29-31,33,35-38,40-41,44H,9,11,13,16,18H2,1-2H3,(H,42,43)/t19-,22-,29+,30-,31-,33+,34+/m0/s1. The van der Waals surface area contributed by atoms with E-state index < -0.39 is 36.2 Å². The monoisotopic (exact) mass is 651 g/mol. The first kappa shape index (κ1) is 34.1. The van der Waals surface area contributed by atoms with E-state index in [-0.39, 0.29) is 51.8 Å². The molecule has 0 spiro atoms. The number of hydrogen-bond donors (Lipinski definition) is 8. The molecule has 5 rings (SSSR count). The average Bonchev–Trinajstić information content (AvgIpc) is 3.57. The third-order valence-corrected chi connectivity index (χ3v) is 8.86. The van der Waals surface area contributed by atoms with E-state index in [4.69, 9.17) is 13.9 Å². The molecule has 0 radical (unpaired) electrons. The van der Waals surface area contributed by atoms with Crippen LogP contribution in [0.25, 0.3) is 22.1 Å². The molecule has 13 nitrogen and oxygen atoms in total. The summed E-state index contributed by atoms with van der Waals surface area (Å²) in [6, 6.07) is 12.4. The maximum Gasteiger partial charge on any atom is 0.335 e. The summed E-state index contributed by atoms with van der Waals surface area (Å²) >= 11 is 0. The Bertz CT molecular complexity index is 1690. The number of rotatable bonds is 14. The van der Waals surface area contributed by atoms with Gasteiger partial charge in [0.2, 0.25) is 6.29 Å². The molecule has 4 aromatic rings. The second-order valence-electron chi connectivity index (χ2n) is 12.1. The molecule has 0 saturated carbocycles. The Balaban J connectivity index is 1.38. The number of H-pyrrole nitrogens is 1.